The van der Waals surface area contributed by atoms with E-state index in [2.05, 4.69) is 292 Å². The van der Waals surface area contributed by atoms with Gasteiger partial charge in [-0.25, -0.2) is 4.98 Å². The summed E-state index contributed by atoms with van der Waals surface area (Å²) in [6.07, 6.45) is 1.92. The van der Waals surface area contributed by atoms with E-state index in [9.17, 15) is 0 Å². The maximum Gasteiger partial charge on any atom is 0.135 e. The fourth-order valence-corrected chi connectivity index (χ4v) is 11.2. The van der Waals surface area contributed by atoms with Gasteiger partial charge in [0.05, 0.1) is 0 Å². The molecule has 8 aromatic carbocycles. The van der Waals surface area contributed by atoms with Crippen LogP contribution < -0.4 is 14.5 Å². The summed E-state index contributed by atoms with van der Waals surface area (Å²) in [5.41, 5.74) is 15.2. The Morgan fingerprint density at radius 1 is 0.429 bits per heavy atom. The van der Waals surface area contributed by atoms with Gasteiger partial charge in [-0.3, -0.25) is 0 Å². The Balaban J connectivity index is 0.00000672. The number of para-hydroxylation sites is 1. The number of nitrogens with zero attached hydrogens (tertiary/aromatic N) is 4. The van der Waals surface area contributed by atoms with Gasteiger partial charge in [0.15, 0.2) is 0 Å². The van der Waals surface area contributed by atoms with Crippen LogP contribution in [0.2, 0.25) is 0 Å². The van der Waals surface area contributed by atoms with Crippen molar-refractivity contribution in [2.75, 3.05) is 9.80 Å². The first-order valence-corrected chi connectivity index (χ1v) is 26.8. The predicted molar refractivity (Wildman–Crippen MR) is 317 cm³/mol. The van der Waals surface area contributed by atoms with Gasteiger partial charge in [0.25, 0.3) is 0 Å². The summed E-state index contributed by atoms with van der Waals surface area (Å²) in [6, 6.07) is 75.2. The van der Waals surface area contributed by atoms with Crippen LogP contribution in [0, 0.1) is 18.8 Å². The third kappa shape index (κ3) is 9.82. The average molecular weight is 1190 g/mol. The smallest absolute Gasteiger partial charge is 0.135 e. The molecule has 0 saturated carbocycles. The molecule has 392 valence electrons. The van der Waals surface area contributed by atoms with E-state index >= 15 is 0 Å². The van der Waals surface area contributed by atoms with Crippen LogP contribution >= 0.6 is 0 Å². The SMILES string of the molecule is CC(C)(C)c1cc2c(cc1C(C)(C)C)N(c1cc(C(C)(C)c3ccccc3)cc(C(C)(C)c3ccccc3)c1)[CH-]N2c1[c-]c(Oc2[c-]c3c(cc2)c2ccccc2n3-c2cc(C(C)(C)c3ccccc3)ccn2)ccc1.[Pt]. The molecule has 0 aliphatic carbocycles. The standard InChI is InChI=1S/C71H69N4O.Pt/c1-67(2,3)60-45-64-65(46-61(60)68(4,5)6)74(55-40-52(70(9,10)49-27-18-14-19-28-49)39-53(41-55)71(11,12)50-29-20-15-21-30-50)47-73(64)54-31-24-32-56(43-54)76-57-35-36-59-58-33-22-23-34-62(58)75(63(59)44-57)66-42-51(37-38-72-66)69(7,8)48-25-16-13-17-26-48;/h13-42,45-47H,1-12H3;/q-3;. The molecule has 77 heavy (non-hydrogen) atoms. The number of ether oxygens (including phenoxy) is 1. The zero-order chi connectivity index (χ0) is 53.4. The van der Waals surface area contributed by atoms with E-state index in [-0.39, 0.29) is 48.1 Å². The Kier molecular flexibility index (Phi) is 13.8. The topological polar surface area (TPSA) is 33.5 Å². The fourth-order valence-electron chi connectivity index (χ4n) is 11.2. The van der Waals surface area contributed by atoms with Crippen LogP contribution in [-0.2, 0) is 48.1 Å². The molecular weight excluding hydrogens is 1120 g/mol. The van der Waals surface area contributed by atoms with Gasteiger partial charge in [0.1, 0.15) is 5.82 Å². The van der Waals surface area contributed by atoms with Crippen molar-refractivity contribution in [1.29, 1.82) is 0 Å². The summed E-state index contributed by atoms with van der Waals surface area (Å²) < 4.78 is 9.06. The van der Waals surface area contributed by atoms with Gasteiger partial charge in [0.2, 0.25) is 0 Å². The Morgan fingerprint density at radius 2 is 0.935 bits per heavy atom. The minimum absolute atomic E-state index is 0. The van der Waals surface area contributed by atoms with Gasteiger partial charge in [-0.05, 0) is 103 Å². The van der Waals surface area contributed by atoms with E-state index in [1.165, 1.54) is 44.5 Å². The maximum atomic E-state index is 6.84. The second kappa shape index (κ2) is 20.0. The molecule has 0 atom stereocenters. The summed E-state index contributed by atoms with van der Waals surface area (Å²) in [5, 5.41) is 2.21. The van der Waals surface area contributed by atoms with Gasteiger partial charge in [0, 0.05) is 77.6 Å². The number of benzene rings is 8. The first-order chi connectivity index (χ1) is 36.2. The van der Waals surface area contributed by atoms with E-state index in [1.807, 2.05) is 18.3 Å². The summed E-state index contributed by atoms with van der Waals surface area (Å²) in [6.45, 7) is 30.1. The zero-order valence-corrected chi connectivity index (χ0v) is 48.8. The Labute approximate surface area is 471 Å². The molecule has 1 aliphatic heterocycles. The molecule has 6 heteroatoms. The molecule has 11 rings (SSSR count). The van der Waals surface area contributed by atoms with Crippen molar-refractivity contribution < 1.29 is 25.8 Å². The largest absolute Gasteiger partial charge is 0.509 e. The summed E-state index contributed by atoms with van der Waals surface area (Å²) in [5.74, 6) is 2.01. The Bertz CT molecular complexity index is 3700. The van der Waals surface area contributed by atoms with Crippen LogP contribution in [-0.4, -0.2) is 9.55 Å². The number of rotatable bonds is 11. The summed E-state index contributed by atoms with van der Waals surface area (Å²) >= 11 is 0. The van der Waals surface area contributed by atoms with Crippen molar-refractivity contribution in [3.8, 4) is 17.3 Å². The van der Waals surface area contributed by atoms with Crippen molar-refractivity contribution in [1.82, 2.24) is 9.55 Å². The van der Waals surface area contributed by atoms with Crippen LogP contribution in [0.3, 0.4) is 0 Å². The van der Waals surface area contributed by atoms with Crippen molar-refractivity contribution in [2.24, 2.45) is 0 Å². The number of fused-ring (bicyclic) bond motifs is 4. The van der Waals surface area contributed by atoms with Gasteiger partial charge >= 0.3 is 0 Å². The van der Waals surface area contributed by atoms with Crippen LogP contribution in [0.25, 0.3) is 27.6 Å². The van der Waals surface area contributed by atoms with Crippen LogP contribution in [0.15, 0.2) is 194 Å². The van der Waals surface area contributed by atoms with Gasteiger partial charge < -0.3 is 19.1 Å². The number of pyridine rings is 1. The molecule has 2 aromatic heterocycles. The molecule has 1 aliphatic rings. The molecule has 0 unspecified atom stereocenters. The molecule has 0 fully saturated rings. The first kappa shape index (κ1) is 53.2. The quantitative estimate of drug-likeness (QED) is 0.121. The Morgan fingerprint density at radius 3 is 1.49 bits per heavy atom. The third-order valence-electron chi connectivity index (χ3n) is 16.1. The average Bonchev–Trinajstić information content (AvgIpc) is 4.08. The minimum Gasteiger partial charge on any atom is -0.509 e. The van der Waals surface area contributed by atoms with Crippen molar-refractivity contribution in [3.05, 3.63) is 258 Å². The Hall–Kier alpha value is -7.20. The number of hydrogen-bond donors (Lipinski definition) is 0. The molecule has 0 N–H and O–H groups in total. The van der Waals surface area contributed by atoms with Gasteiger partial charge in [-0.1, -0.05) is 204 Å². The van der Waals surface area contributed by atoms with Crippen molar-refractivity contribution in [2.45, 2.75) is 110 Å². The predicted octanol–water partition coefficient (Wildman–Crippen LogP) is 18.6. The molecule has 0 spiro atoms. The molecule has 0 amide bonds. The number of hydrogen-bond acceptors (Lipinski definition) is 4. The molecule has 5 nitrogen and oxygen atoms in total. The van der Waals surface area contributed by atoms with E-state index in [0.717, 1.165) is 50.4 Å². The van der Waals surface area contributed by atoms with Crippen LogP contribution in [0.5, 0.6) is 11.5 Å². The zero-order valence-electron chi connectivity index (χ0n) is 46.6. The maximum absolute atomic E-state index is 6.84. The van der Waals surface area contributed by atoms with E-state index in [0.29, 0.717) is 11.5 Å². The van der Waals surface area contributed by atoms with E-state index in [1.54, 1.807) is 0 Å². The number of anilines is 4. The van der Waals surface area contributed by atoms with Gasteiger partial charge in [-0.15, -0.1) is 48.1 Å². The van der Waals surface area contributed by atoms with Crippen LogP contribution in [0.4, 0.5) is 22.7 Å². The fraction of sp³-hybridized carbons (Fsp3) is 0.239. The van der Waals surface area contributed by atoms with E-state index < -0.39 is 0 Å². The second-order valence-corrected chi connectivity index (χ2v) is 24.3. The summed E-state index contributed by atoms with van der Waals surface area (Å²) in [4.78, 5) is 9.68. The third-order valence-corrected chi connectivity index (χ3v) is 16.1. The van der Waals surface area contributed by atoms with Gasteiger partial charge in [-0.2, -0.15) is 12.1 Å². The first-order valence-electron chi connectivity index (χ1n) is 26.8. The second-order valence-electron chi connectivity index (χ2n) is 24.3. The molecule has 0 radical (unpaired) electrons. The molecule has 0 saturated heterocycles. The molecular formula is C71H69N4OPt-3. The van der Waals surface area contributed by atoms with Crippen LogP contribution in [0.1, 0.15) is 128 Å². The summed E-state index contributed by atoms with van der Waals surface area (Å²) in [7, 11) is 0. The molecule has 0 bridgehead atoms. The molecule has 3 heterocycles. The van der Waals surface area contributed by atoms with E-state index in [4.69, 9.17) is 9.72 Å². The van der Waals surface area contributed by atoms with Crippen molar-refractivity contribution >= 4 is 44.6 Å². The monoisotopic (exact) mass is 1190 g/mol. The van der Waals surface area contributed by atoms with Crippen molar-refractivity contribution in [3.63, 3.8) is 0 Å². The molecule has 10 aromatic rings. The minimum atomic E-state index is -0.290. The normalized spacial score (nSPS) is 13.2. The number of aromatic nitrogens is 2.